The molecule has 1 N–H and O–H groups in total. The maximum Gasteiger partial charge on any atom is 0.356 e. The van der Waals surface area contributed by atoms with Gasteiger partial charge in [0, 0.05) is 6.42 Å². The van der Waals surface area contributed by atoms with Crippen LogP contribution in [0.1, 0.15) is 24.5 Å². The molecule has 1 aromatic rings. The van der Waals surface area contributed by atoms with Crippen LogP contribution >= 0.6 is 0 Å². The summed E-state index contributed by atoms with van der Waals surface area (Å²) in [4.78, 5) is 11.4. The van der Waals surface area contributed by atoms with Gasteiger partial charge in [-0.25, -0.2) is 4.79 Å². The Kier molecular flexibility index (Phi) is 5.20. The van der Waals surface area contributed by atoms with E-state index in [-0.39, 0.29) is 12.3 Å². The minimum Gasteiger partial charge on any atom is -0.461 e. The van der Waals surface area contributed by atoms with Gasteiger partial charge in [-0.1, -0.05) is 29.4 Å². The Labute approximate surface area is 101 Å². The summed E-state index contributed by atoms with van der Waals surface area (Å²) in [7, 11) is 0. The van der Waals surface area contributed by atoms with Crippen molar-refractivity contribution in [3.8, 4) is 0 Å². The van der Waals surface area contributed by atoms with Crippen LogP contribution in [0, 0.1) is 6.92 Å². The van der Waals surface area contributed by atoms with E-state index in [9.17, 15) is 4.79 Å². The fourth-order valence-electron chi connectivity index (χ4n) is 1.55. The Hall–Kier alpha value is -1.84. The fraction of sp³-hybridized carbons (Fsp3) is 0.385. The van der Waals surface area contributed by atoms with Gasteiger partial charge < -0.3 is 9.94 Å². The number of rotatable bonds is 5. The number of carbonyl (C=O) groups is 1. The van der Waals surface area contributed by atoms with Crippen molar-refractivity contribution in [2.75, 3.05) is 6.61 Å². The van der Waals surface area contributed by atoms with Gasteiger partial charge in [0.1, 0.15) is 0 Å². The molecule has 0 atom stereocenters. The maximum atomic E-state index is 11.4. The highest BCUT2D eigenvalue weighted by Gasteiger charge is 2.13. The van der Waals surface area contributed by atoms with E-state index in [0.717, 1.165) is 11.1 Å². The van der Waals surface area contributed by atoms with Crippen LogP contribution in [-0.4, -0.2) is 23.5 Å². The van der Waals surface area contributed by atoms with Gasteiger partial charge in [-0.05, 0) is 31.4 Å². The normalized spacial score (nSPS) is 11.3. The SMILES string of the molecule is CCOC(=O)/C(CCc1ccccc1C)=N/O. The molecule has 92 valence electrons. The minimum absolute atomic E-state index is 0.0649. The lowest BCUT2D eigenvalue weighted by atomic mass is 10.0. The van der Waals surface area contributed by atoms with Crippen molar-refractivity contribution >= 4 is 11.7 Å². The highest BCUT2D eigenvalue weighted by Crippen LogP contribution is 2.10. The van der Waals surface area contributed by atoms with Crippen molar-refractivity contribution in [1.82, 2.24) is 0 Å². The van der Waals surface area contributed by atoms with Gasteiger partial charge in [-0.3, -0.25) is 0 Å². The zero-order chi connectivity index (χ0) is 12.7. The largest absolute Gasteiger partial charge is 0.461 e. The molecule has 1 rings (SSSR count). The molecule has 0 bridgehead atoms. The van der Waals surface area contributed by atoms with Gasteiger partial charge in [0.05, 0.1) is 6.61 Å². The molecule has 0 heterocycles. The Bertz CT molecular complexity index is 413. The van der Waals surface area contributed by atoms with Crippen LogP contribution in [0.4, 0.5) is 0 Å². The molecule has 0 saturated heterocycles. The first-order chi connectivity index (χ1) is 8.19. The Morgan fingerprint density at radius 2 is 2.12 bits per heavy atom. The molecule has 0 radical (unpaired) electrons. The molecular formula is C13H17NO3. The second-order valence-corrected chi connectivity index (χ2v) is 3.69. The molecule has 0 aliphatic carbocycles. The first kappa shape index (κ1) is 13.2. The van der Waals surface area contributed by atoms with Gasteiger partial charge in [0.25, 0.3) is 0 Å². The minimum atomic E-state index is -0.552. The topological polar surface area (TPSA) is 58.9 Å². The number of hydrogen-bond acceptors (Lipinski definition) is 4. The van der Waals surface area contributed by atoms with Crippen LogP contribution in [0.15, 0.2) is 29.4 Å². The van der Waals surface area contributed by atoms with Crippen molar-refractivity contribution in [3.05, 3.63) is 35.4 Å². The van der Waals surface area contributed by atoms with Crippen LogP contribution in [0.2, 0.25) is 0 Å². The molecule has 0 saturated carbocycles. The van der Waals surface area contributed by atoms with Crippen LogP contribution in [-0.2, 0) is 16.0 Å². The third-order valence-electron chi connectivity index (χ3n) is 2.52. The van der Waals surface area contributed by atoms with Crippen molar-refractivity contribution in [1.29, 1.82) is 0 Å². The summed E-state index contributed by atoms with van der Waals surface area (Å²) in [6.07, 6.45) is 1.03. The summed E-state index contributed by atoms with van der Waals surface area (Å²) in [6.45, 7) is 4.01. The molecule has 0 aliphatic rings. The average molecular weight is 235 g/mol. The Morgan fingerprint density at radius 1 is 1.41 bits per heavy atom. The summed E-state index contributed by atoms with van der Waals surface area (Å²) in [5.74, 6) is -0.552. The lowest BCUT2D eigenvalue weighted by molar-refractivity contribution is -0.135. The van der Waals surface area contributed by atoms with Crippen LogP contribution < -0.4 is 0 Å². The Morgan fingerprint density at radius 3 is 2.71 bits per heavy atom. The third-order valence-corrected chi connectivity index (χ3v) is 2.52. The van der Waals surface area contributed by atoms with E-state index in [4.69, 9.17) is 9.94 Å². The molecule has 4 nitrogen and oxygen atoms in total. The van der Waals surface area contributed by atoms with Crippen molar-refractivity contribution in [2.24, 2.45) is 5.16 Å². The number of aryl methyl sites for hydroxylation is 2. The highest BCUT2D eigenvalue weighted by molar-refractivity contribution is 6.36. The number of nitrogens with zero attached hydrogens (tertiary/aromatic N) is 1. The summed E-state index contributed by atoms with van der Waals surface area (Å²) in [5.41, 5.74) is 2.36. The maximum absolute atomic E-state index is 11.4. The molecule has 0 amide bonds. The van der Waals surface area contributed by atoms with E-state index in [2.05, 4.69) is 5.16 Å². The van der Waals surface area contributed by atoms with Gasteiger partial charge in [0.15, 0.2) is 5.71 Å². The molecule has 4 heteroatoms. The van der Waals surface area contributed by atoms with E-state index in [1.165, 1.54) is 0 Å². The monoisotopic (exact) mass is 235 g/mol. The molecule has 0 aliphatic heterocycles. The van der Waals surface area contributed by atoms with Crippen LogP contribution in [0.3, 0.4) is 0 Å². The predicted octanol–water partition coefficient (Wildman–Crippen LogP) is 2.32. The third kappa shape index (κ3) is 3.90. The van der Waals surface area contributed by atoms with E-state index in [1.54, 1.807) is 6.92 Å². The zero-order valence-electron chi connectivity index (χ0n) is 10.1. The summed E-state index contributed by atoms with van der Waals surface area (Å²) >= 11 is 0. The zero-order valence-corrected chi connectivity index (χ0v) is 10.1. The number of carbonyl (C=O) groups excluding carboxylic acids is 1. The highest BCUT2D eigenvalue weighted by atomic mass is 16.5. The average Bonchev–Trinajstić information content (AvgIpc) is 2.32. The molecule has 0 unspecified atom stereocenters. The molecule has 0 fully saturated rings. The fourth-order valence-corrected chi connectivity index (χ4v) is 1.55. The lowest BCUT2D eigenvalue weighted by Crippen LogP contribution is -2.18. The Balaban J connectivity index is 2.60. The van der Waals surface area contributed by atoms with Gasteiger partial charge in [0.2, 0.25) is 0 Å². The van der Waals surface area contributed by atoms with Crippen LogP contribution in [0.5, 0.6) is 0 Å². The van der Waals surface area contributed by atoms with Crippen molar-refractivity contribution in [2.45, 2.75) is 26.7 Å². The number of oxime groups is 1. The summed E-state index contributed by atoms with van der Waals surface area (Å²) in [5, 5.41) is 11.8. The quantitative estimate of drug-likeness (QED) is 0.369. The van der Waals surface area contributed by atoms with E-state index < -0.39 is 5.97 Å². The molecule has 0 spiro atoms. The molecule has 17 heavy (non-hydrogen) atoms. The second kappa shape index (κ2) is 6.68. The van der Waals surface area contributed by atoms with E-state index in [0.29, 0.717) is 12.8 Å². The van der Waals surface area contributed by atoms with Gasteiger partial charge >= 0.3 is 5.97 Å². The number of esters is 1. The van der Waals surface area contributed by atoms with Crippen LogP contribution in [0.25, 0.3) is 0 Å². The summed E-state index contributed by atoms with van der Waals surface area (Å²) in [6, 6.07) is 7.92. The molecular weight excluding hydrogens is 218 g/mol. The lowest BCUT2D eigenvalue weighted by Gasteiger charge is -2.06. The summed E-state index contributed by atoms with van der Waals surface area (Å²) < 4.78 is 4.78. The second-order valence-electron chi connectivity index (χ2n) is 3.69. The van der Waals surface area contributed by atoms with Crippen molar-refractivity contribution < 1.29 is 14.7 Å². The molecule has 1 aromatic carbocycles. The smallest absolute Gasteiger partial charge is 0.356 e. The number of hydrogen-bond donors (Lipinski definition) is 1. The first-order valence-corrected chi connectivity index (χ1v) is 5.61. The number of benzene rings is 1. The van der Waals surface area contributed by atoms with E-state index >= 15 is 0 Å². The number of ether oxygens (including phenoxy) is 1. The molecule has 0 aromatic heterocycles. The van der Waals surface area contributed by atoms with E-state index in [1.807, 2.05) is 31.2 Å². The first-order valence-electron chi connectivity index (χ1n) is 5.61. The van der Waals surface area contributed by atoms with Gasteiger partial charge in [-0.15, -0.1) is 0 Å². The predicted molar refractivity (Wildman–Crippen MR) is 65.4 cm³/mol. The van der Waals surface area contributed by atoms with Gasteiger partial charge in [-0.2, -0.15) is 0 Å². The standard InChI is InChI=1S/C13H17NO3/c1-3-17-13(15)12(14-16)9-8-11-7-5-4-6-10(11)2/h4-7,16H,3,8-9H2,1-2H3/b14-12+. The van der Waals surface area contributed by atoms with Crippen molar-refractivity contribution in [3.63, 3.8) is 0 Å².